The summed E-state index contributed by atoms with van der Waals surface area (Å²) < 4.78 is 0. The molecule has 4 nitrogen and oxygen atoms in total. The molecule has 1 aliphatic heterocycles. The maximum atomic E-state index is 12.1. The van der Waals surface area contributed by atoms with Gasteiger partial charge in [-0.2, -0.15) is 0 Å². The molecule has 0 aliphatic carbocycles. The minimum absolute atomic E-state index is 0.196. The predicted octanol–water partition coefficient (Wildman–Crippen LogP) is 0.833. The zero-order valence-electron chi connectivity index (χ0n) is 11.7. The van der Waals surface area contributed by atoms with Crippen LogP contribution in [0.2, 0.25) is 0 Å². The second-order valence-corrected chi connectivity index (χ2v) is 5.67. The average molecular weight is 241 g/mol. The summed E-state index contributed by atoms with van der Waals surface area (Å²) in [6.07, 6.45) is 2.08. The van der Waals surface area contributed by atoms with E-state index in [1.54, 1.807) is 0 Å². The Hall–Kier alpha value is -0.610. The maximum Gasteiger partial charge on any atom is 0.227 e. The van der Waals surface area contributed by atoms with Gasteiger partial charge in [-0.1, -0.05) is 0 Å². The van der Waals surface area contributed by atoms with Gasteiger partial charge in [-0.3, -0.25) is 4.79 Å². The van der Waals surface area contributed by atoms with E-state index in [0.29, 0.717) is 6.04 Å². The molecular weight excluding hydrogens is 214 g/mol. The minimum atomic E-state index is -0.214. The lowest BCUT2D eigenvalue weighted by Crippen LogP contribution is -2.50. The van der Waals surface area contributed by atoms with Crippen LogP contribution in [0.3, 0.4) is 0 Å². The molecule has 0 aromatic rings. The third kappa shape index (κ3) is 4.28. The first kappa shape index (κ1) is 14.5. The smallest absolute Gasteiger partial charge is 0.227 e. The summed E-state index contributed by atoms with van der Waals surface area (Å²) in [5, 5.41) is 6.36. The van der Waals surface area contributed by atoms with Crippen molar-refractivity contribution in [1.82, 2.24) is 15.5 Å². The molecule has 4 heteroatoms. The van der Waals surface area contributed by atoms with Gasteiger partial charge in [0.05, 0.1) is 5.41 Å². The first-order valence-corrected chi connectivity index (χ1v) is 6.65. The van der Waals surface area contributed by atoms with Crippen molar-refractivity contribution in [3.8, 4) is 0 Å². The topological polar surface area (TPSA) is 44.4 Å². The molecule has 17 heavy (non-hydrogen) atoms. The van der Waals surface area contributed by atoms with E-state index >= 15 is 0 Å². The van der Waals surface area contributed by atoms with E-state index in [0.717, 1.165) is 39.0 Å². The Bertz CT molecular complexity index is 247. The Morgan fingerprint density at radius 1 is 1.53 bits per heavy atom. The number of carbonyl (C=O) groups excluding carboxylic acids is 1. The van der Waals surface area contributed by atoms with E-state index in [-0.39, 0.29) is 11.3 Å². The standard InChI is InChI=1S/C13H27N3O/c1-11(2)16(4)9-8-15-12(17)13(3)6-5-7-14-10-13/h11,14H,5-10H2,1-4H3,(H,15,17). The van der Waals surface area contributed by atoms with Crippen molar-refractivity contribution in [3.05, 3.63) is 0 Å². The summed E-state index contributed by atoms with van der Waals surface area (Å²) in [6, 6.07) is 0.527. The van der Waals surface area contributed by atoms with Crippen molar-refractivity contribution in [3.63, 3.8) is 0 Å². The summed E-state index contributed by atoms with van der Waals surface area (Å²) in [4.78, 5) is 14.3. The van der Waals surface area contributed by atoms with Gasteiger partial charge in [-0.05, 0) is 47.2 Å². The number of hydrogen-bond acceptors (Lipinski definition) is 3. The molecule has 1 amide bonds. The van der Waals surface area contributed by atoms with Crippen molar-refractivity contribution in [1.29, 1.82) is 0 Å². The second-order valence-electron chi connectivity index (χ2n) is 5.67. The van der Waals surface area contributed by atoms with E-state index < -0.39 is 0 Å². The highest BCUT2D eigenvalue weighted by Crippen LogP contribution is 2.25. The van der Waals surface area contributed by atoms with E-state index in [2.05, 4.69) is 43.4 Å². The largest absolute Gasteiger partial charge is 0.354 e. The molecule has 2 N–H and O–H groups in total. The third-order valence-electron chi connectivity index (χ3n) is 3.78. The van der Waals surface area contributed by atoms with Gasteiger partial charge in [0.25, 0.3) is 0 Å². The normalized spacial score (nSPS) is 25.3. The zero-order valence-corrected chi connectivity index (χ0v) is 11.7. The lowest BCUT2D eigenvalue weighted by molar-refractivity contribution is -0.131. The van der Waals surface area contributed by atoms with E-state index in [4.69, 9.17) is 0 Å². The predicted molar refractivity (Wildman–Crippen MR) is 71.0 cm³/mol. The number of hydrogen-bond donors (Lipinski definition) is 2. The number of piperidine rings is 1. The SMILES string of the molecule is CC(C)N(C)CCNC(=O)C1(C)CCCNC1. The Labute approximate surface area is 105 Å². The first-order chi connectivity index (χ1) is 7.96. The highest BCUT2D eigenvalue weighted by Gasteiger charge is 2.34. The number of carbonyl (C=O) groups is 1. The molecule has 1 saturated heterocycles. The lowest BCUT2D eigenvalue weighted by atomic mass is 9.82. The van der Waals surface area contributed by atoms with Gasteiger partial charge >= 0.3 is 0 Å². The van der Waals surface area contributed by atoms with Crippen molar-refractivity contribution in [2.24, 2.45) is 5.41 Å². The van der Waals surface area contributed by atoms with Crippen molar-refractivity contribution in [2.45, 2.75) is 39.7 Å². The molecule has 0 aromatic carbocycles. The molecule has 1 fully saturated rings. The van der Waals surface area contributed by atoms with Crippen LogP contribution in [-0.2, 0) is 4.79 Å². The average Bonchev–Trinajstić information content (AvgIpc) is 2.29. The summed E-state index contributed by atoms with van der Waals surface area (Å²) in [7, 11) is 2.08. The molecule has 1 heterocycles. The molecule has 1 rings (SSSR count). The van der Waals surface area contributed by atoms with Gasteiger partial charge in [-0.25, -0.2) is 0 Å². The number of rotatable bonds is 5. The molecule has 0 aromatic heterocycles. The van der Waals surface area contributed by atoms with Crippen LogP contribution in [0.25, 0.3) is 0 Å². The van der Waals surface area contributed by atoms with Crippen LogP contribution in [0.5, 0.6) is 0 Å². The van der Waals surface area contributed by atoms with Crippen LogP contribution >= 0.6 is 0 Å². The molecule has 1 atom stereocenters. The Morgan fingerprint density at radius 2 is 2.24 bits per heavy atom. The van der Waals surface area contributed by atoms with E-state index in [9.17, 15) is 4.79 Å². The van der Waals surface area contributed by atoms with Gasteiger partial charge in [-0.15, -0.1) is 0 Å². The zero-order chi connectivity index (χ0) is 12.9. The van der Waals surface area contributed by atoms with Crippen LogP contribution in [0.1, 0.15) is 33.6 Å². The quantitative estimate of drug-likeness (QED) is 0.749. The Morgan fingerprint density at radius 3 is 2.76 bits per heavy atom. The Kier molecular flexibility index (Phi) is 5.40. The van der Waals surface area contributed by atoms with Gasteiger partial charge in [0.1, 0.15) is 0 Å². The van der Waals surface area contributed by atoms with E-state index in [1.165, 1.54) is 0 Å². The molecule has 0 saturated carbocycles. The summed E-state index contributed by atoms with van der Waals surface area (Å²) >= 11 is 0. The number of nitrogens with zero attached hydrogens (tertiary/aromatic N) is 1. The minimum Gasteiger partial charge on any atom is -0.354 e. The monoisotopic (exact) mass is 241 g/mol. The fourth-order valence-electron chi connectivity index (χ4n) is 2.07. The fourth-order valence-corrected chi connectivity index (χ4v) is 2.07. The van der Waals surface area contributed by atoms with E-state index in [1.807, 2.05) is 0 Å². The number of nitrogens with one attached hydrogen (secondary N) is 2. The molecular formula is C13H27N3O. The van der Waals surface area contributed by atoms with Crippen LogP contribution in [0, 0.1) is 5.41 Å². The molecule has 0 bridgehead atoms. The Balaban J connectivity index is 2.29. The van der Waals surface area contributed by atoms with Crippen molar-refractivity contribution in [2.75, 3.05) is 33.2 Å². The molecule has 1 aliphatic rings. The second kappa shape index (κ2) is 6.36. The summed E-state index contributed by atoms with van der Waals surface area (Å²) in [5.41, 5.74) is -0.214. The molecule has 0 spiro atoms. The molecule has 0 radical (unpaired) electrons. The fraction of sp³-hybridized carbons (Fsp3) is 0.923. The van der Waals surface area contributed by atoms with Gasteiger partial charge in [0, 0.05) is 25.7 Å². The third-order valence-corrected chi connectivity index (χ3v) is 3.78. The van der Waals surface area contributed by atoms with Crippen LogP contribution in [0.4, 0.5) is 0 Å². The van der Waals surface area contributed by atoms with Crippen molar-refractivity contribution < 1.29 is 4.79 Å². The molecule has 100 valence electrons. The van der Waals surface area contributed by atoms with Crippen LogP contribution in [-0.4, -0.2) is 50.1 Å². The first-order valence-electron chi connectivity index (χ1n) is 6.65. The summed E-state index contributed by atoms with van der Waals surface area (Å²) in [6.45, 7) is 9.87. The molecule has 1 unspecified atom stereocenters. The van der Waals surface area contributed by atoms with Gasteiger partial charge in [0.15, 0.2) is 0 Å². The number of amides is 1. The highest BCUT2D eigenvalue weighted by molar-refractivity contribution is 5.82. The van der Waals surface area contributed by atoms with Crippen LogP contribution in [0.15, 0.2) is 0 Å². The van der Waals surface area contributed by atoms with Gasteiger partial charge < -0.3 is 15.5 Å². The highest BCUT2D eigenvalue weighted by atomic mass is 16.2. The maximum absolute atomic E-state index is 12.1. The van der Waals surface area contributed by atoms with Crippen molar-refractivity contribution >= 4 is 5.91 Å². The van der Waals surface area contributed by atoms with Gasteiger partial charge in [0.2, 0.25) is 5.91 Å². The lowest BCUT2D eigenvalue weighted by Gasteiger charge is -2.33. The number of likely N-dealkylation sites (N-methyl/N-ethyl adjacent to an activating group) is 1. The van der Waals surface area contributed by atoms with Crippen LogP contribution < -0.4 is 10.6 Å². The summed E-state index contributed by atoms with van der Waals surface area (Å²) in [5.74, 6) is 0.196.